The molecule has 0 aliphatic heterocycles. The highest BCUT2D eigenvalue weighted by molar-refractivity contribution is 6.30. The highest BCUT2D eigenvalue weighted by Gasteiger charge is 2.12. The predicted octanol–water partition coefficient (Wildman–Crippen LogP) is 3.58. The molecule has 5 nitrogen and oxygen atoms in total. The summed E-state index contributed by atoms with van der Waals surface area (Å²) in [6.07, 6.45) is 0.204. The van der Waals surface area contributed by atoms with E-state index in [0.29, 0.717) is 17.3 Å². The average molecular weight is 358 g/mol. The van der Waals surface area contributed by atoms with Gasteiger partial charge in [0, 0.05) is 17.1 Å². The van der Waals surface area contributed by atoms with E-state index in [4.69, 9.17) is 16.3 Å². The van der Waals surface area contributed by atoms with Gasteiger partial charge in [0.05, 0.1) is 31.1 Å². The summed E-state index contributed by atoms with van der Waals surface area (Å²) in [5, 5.41) is 3.51. The molecule has 1 amide bonds. The number of rotatable bonds is 6. The topological polar surface area (TPSA) is 56.2 Å². The Morgan fingerprint density at radius 3 is 2.84 bits per heavy atom. The van der Waals surface area contributed by atoms with Crippen LogP contribution in [0.3, 0.4) is 0 Å². The molecule has 0 bridgehead atoms. The zero-order valence-electron chi connectivity index (χ0n) is 14.3. The van der Waals surface area contributed by atoms with Crippen molar-refractivity contribution in [1.82, 2.24) is 14.9 Å². The first-order chi connectivity index (χ1) is 12.1. The minimum Gasteiger partial charge on any atom is -0.496 e. The third-order valence-corrected chi connectivity index (χ3v) is 4.32. The first-order valence-electron chi connectivity index (χ1n) is 8.15. The molecular weight excluding hydrogens is 338 g/mol. The number of carbonyl (C=O) groups excluding carboxylic acids is 1. The van der Waals surface area contributed by atoms with Crippen molar-refractivity contribution in [3.63, 3.8) is 0 Å². The van der Waals surface area contributed by atoms with E-state index in [0.717, 1.165) is 29.0 Å². The van der Waals surface area contributed by atoms with E-state index in [1.54, 1.807) is 25.3 Å². The molecule has 0 unspecified atom stereocenters. The van der Waals surface area contributed by atoms with Gasteiger partial charge in [-0.25, -0.2) is 4.98 Å². The number of nitrogens with one attached hydrogen (secondary N) is 1. The number of fused-ring (bicyclic) bond motifs is 1. The van der Waals surface area contributed by atoms with Crippen LogP contribution in [0, 0.1) is 0 Å². The number of carbonyl (C=O) groups is 1. The summed E-state index contributed by atoms with van der Waals surface area (Å²) in [5.74, 6) is 1.39. The van der Waals surface area contributed by atoms with Gasteiger partial charge in [-0.2, -0.15) is 0 Å². The lowest BCUT2D eigenvalue weighted by atomic mass is 10.1. The molecule has 0 saturated heterocycles. The third-order valence-electron chi connectivity index (χ3n) is 4.09. The van der Waals surface area contributed by atoms with Crippen LogP contribution in [0.1, 0.15) is 18.3 Å². The Morgan fingerprint density at radius 2 is 2.08 bits per heavy atom. The summed E-state index contributed by atoms with van der Waals surface area (Å²) in [5.41, 5.74) is 2.77. The van der Waals surface area contributed by atoms with Crippen molar-refractivity contribution in [2.75, 3.05) is 7.11 Å². The lowest BCUT2D eigenvalue weighted by molar-refractivity contribution is -0.120. The number of halogens is 1. The van der Waals surface area contributed by atoms with Gasteiger partial charge in [-0.1, -0.05) is 23.7 Å². The number of amides is 1. The first kappa shape index (κ1) is 17.3. The Labute approximate surface area is 151 Å². The van der Waals surface area contributed by atoms with Crippen molar-refractivity contribution in [2.45, 2.75) is 26.4 Å². The third kappa shape index (κ3) is 3.77. The van der Waals surface area contributed by atoms with Crippen LogP contribution in [-0.4, -0.2) is 22.6 Å². The van der Waals surface area contributed by atoms with Gasteiger partial charge < -0.3 is 14.6 Å². The standard InChI is InChI=1S/C19H20ClN3O2/c1-3-23-16-7-5-4-6-15(16)22-18(23)12-21-19(24)11-13-10-14(20)8-9-17(13)25-2/h4-10H,3,11-12H2,1-2H3,(H,21,24). The van der Waals surface area contributed by atoms with Crippen molar-refractivity contribution in [3.8, 4) is 5.75 Å². The van der Waals surface area contributed by atoms with Crippen LogP contribution in [0.4, 0.5) is 0 Å². The second-order valence-electron chi connectivity index (χ2n) is 5.67. The van der Waals surface area contributed by atoms with E-state index in [1.807, 2.05) is 24.3 Å². The lowest BCUT2D eigenvalue weighted by Crippen LogP contribution is -2.26. The number of nitrogens with zero attached hydrogens (tertiary/aromatic N) is 2. The van der Waals surface area contributed by atoms with Gasteiger partial charge in [-0.05, 0) is 37.3 Å². The number of hydrogen-bond acceptors (Lipinski definition) is 3. The van der Waals surface area contributed by atoms with E-state index in [9.17, 15) is 4.79 Å². The number of hydrogen-bond donors (Lipinski definition) is 1. The minimum atomic E-state index is -0.102. The SMILES string of the molecule is CCn1c(CNC(=O)Cc2cc(Cl)ccc2OC)nc2ccccc21. The number of aryl methyl sites for hydroxylation is 1. The van der Waals surface area contributed by atoms with E-state index < -0.39 is 0 Å². The largest absolute Gasteiger partial charge is 0.496 e. The molecule has 1 aromatic heterocycles. The molecule has 1 N–H and O–H groups in total. The summed E-state index contributed by atoms with van der Waals surface area (Å²) >= 11 is 6.01. The van der Waals surface area contributed by atoms with Gasteiger partial charge in [-0.15, -0.1) is 0 Å². The van der Waals surface area contributed by atoms with Crippen LogP contribution in [0.5, 0.6) is 5.75 Å². The van der Waals surface area contributed by atoms with Crippen molar-refractivity contribution in [1.29, 1.82) is 0 Å². The summed E-state index contributed by atoms with van der Waals surface area (Å²) in [7, 11) is 1.58. The highest BCUT2D eigenvalue weighted by atomic mass is 35.5. The first-order valence-corrected chi connectivity index (χ1v) is 8.53. The monoisotopic (exact) mass is 357 g/mol. The molecule has 1 heterocycles. The van der Waals surface area contributed by atoms with Crippen LogP contribution in [0.15, 0.2) is 42.5 Å². The molecule has 0 aliphatic carbocycles. The minimum absolute atomic E-state index is 0.102. The maximum Gasteiger partial charge on any atom is 0.224 e. The summed E-state index contributed by atoms with van der Waals surface area (Å²) < 4.78 is 7.39. The fraction of sp³-hybridized carbons (Fsp3) is 0.263. The number of para-hydroxylation sites is 2. The molecule has 0 aliphatic rings. The predicted molar refractivity (Wildman–Crippen MR) is 99.0 cm³/mol. The van der Waals surface area contributed by atoms with Crippen LogP contribution >= 0.6 is 11.6 Å². The maximum absolute atomic E-state index is 12.3. The van der Waals surface area contributed by atoms with E-state index in [-0.39, 0.29) is 12.3 Å². The Hall–Kier alpha value is -2.53. The van der Waals surface area contributed by atoms with Gasteiger partial charge in [-0.3, -0.25) is 4.79 Å². The molecular formula is C19H20ClN3O2. The summed E-state index contributed by atoms with van der Waals surface area (Å²) in [6.45, 7) is 3.24. The van der Waals surface area contributed by atoms with Crippen molar-refractivity contribution < 1.29 is 9.53 Å². The van der Waals surface area contributed by atoms with E-state index in [1.165, 1.54) is 0 Å². The molecule has 3 aromatic rings. The van der Waals surface area contributed by atoms with Gasteiger partial charge in [0.2, 0.25) is 5.91 Å². The maximum atomic E-state index is 12.3. The second kappa shape index (κ2) is 7.57. The second-order valence-corrected chi connectivity index (χ2v) is 6.11. The Kier molecular flexibility index (Phi) is 5.24. The number of benzene rings is 2. The van der Waals surface area contributed by atoms with Crippen molar-refractivity contribution >= 4 is 28.5 Å². The zero-order chi connectivity index (χ0) is 17.8. The van der Waals surface area contributed by atoms with Crippen molar-refractivity contribution in [2.24, 2.45) is 0 Å². The number of methoxy groups -OCH3 is 1. The van der Waals surface area contributed by atoms with Crippen LogP contribution < -0.4 is 10.1 Å². The van der Waals surface area contributed by atoms with Crippen LogP contribution in [0.2, 0.25) is 5.02 Å². The summed E-state index contributed by atoms with van der Waals surface area (Å²) in [4.78, 5) is 16.9. The lowest BCUT2D eigenvalue weighted by Gasteiger charge is -2.10. The van der Waals surface area contributed by atoms with Crippen LogP contribution in [-0.2, 0) is 24.3 Å². The highest BCUT2D eigenvalue weighted by Crippen LogP contribution is 2.23. The fourth-order valence-electron chi connectivity index (χ4n) is 2.91. The smallest absolute Gasteiger partial charge is 0.224 e. The Morgan fingerprint density at radius 1 is 1.28 bits per heavy atom. The van der Waals surface area contributed by atoms with Gasteiger partial charge in [0.25, 0.3) is 0 Å². The number of imidazole rings is 1. The van der Waals surface area contributed by atoms with Gasteiger partial charge >= 0.3 is 0 Å². The van der Waals surface area contributed by atoms with E-state index in [2.05, 4.69) is 21.8 Å². The molecule has 3 rings (SSSR count). The molecule has 0 fully saturated rings. The van der Waals surface area contributed by atoms with Crippen LogP contribution in [0.25, 0.3) is 11.0 Å². The number of aromatic nitrogens is 2. The van der Waals surface area contributed by atoms with Gasteiger partial charge in [0.1, 0.15) is 11.6 Å². The summed E-state index contributed by atoms with van der Waals surface area (Å²) in [6, 6.07) is 13.2. The molecule has 0 spiro atoms. The Balaban J connectivity index is 1.72. The van der Waals surface area contributed by atoms with Gasteiger partial charge in [0.15, 0.2) is 0 Å². The molecule has 2 aromatic carbocycles. The molecule has 130 valence electrons. The molecule has 0 saturated carbocycles. The zero-order valence-corrected chi connectivity index (χ0v) is 15.0. The molecule has 0 atom stereocenters. The number of ether oxygens (including phenoxy) is 1. The molecule has 6 heteroatoms. The normalized spacial score (nSPS) is 10.8. The Bertz CT molecular complexity index is 905. The average Bonchev–Trinajstić information content (AvgIpc) is 2.97. The fourth-order valence-corrected chi connectivity index (χ4v) is 3.11. The van der Waals surface area contributed by atoms with E-state index >= 15 is 0 Å². The van der Waals surface area contributed by atoms with Crippen molar-refractivity contribution in [3.05, 3.63) is 58.9 Å². The molecule has 0 radical (unpaired) electrons. The molecule has 25 heavy (non-hydrogen) atoms. The quantitative estimate of drug-likeness (QED) is 0.733.